The zero-order chi connectivity index (χ0) is 14.1. The Morgan fingerprint density at radius 3 is 1.94 bits per heavy atom. The average Bonchev–Trinajstić information content (AvgIpc) is 2.26. The van der Waals surface area contributed by atoms with Gasteiger partial charge >= 0.3 is 6.18 Å². The number of alkyl halides is 3. The standard InChI is InChI=1S/C12H14F3NO2/c1-11(18,12(13,14)15)10(17)8-4-6-9(7-5-8)16(2)3/h4-7,18H,1-3H3. The van der Waals surface area contributed by atoms with Crippen LogP contribution >= 0.6 is 0 Å². The number of aliphatic hydroxyl groups is 1. The maximum atomic E-state index is 12.5. The van der Waals surface area contributed by atoms with E-state index in [0.717, 1.165) is 5.69 Å². The molecule has 0 heterocycles. The first kappa shape index (κ1) is 14.5. The van der Waals surface area contributed by atoms with E-state index in [1.807, 2.05) is 0 Å². The minimum atomic E-state index is -5.00. The molecule has 1 rings (SSSR count). The van der Waals surface area contributed by atoms with Gasteiger partial charge in [-0.2, -0.15) is 13.2 Å². The first-order valence-electron chi connectivity index (χ1n) is 5.18. The monoisotopic (exact) mass is 261 g/mol. The van der Waals surface area contributed by atoms with Crippen molar-refractivity contribution < 1.29 is 23.1 Å². The summed E-state index contributed by atoms with van der Waals surface area (Å²) in [6, 6.07) is 5.55. The highest BCUT2D eigenvalue weighted by atomic mass is 19.4. The number of carbonyl (C=O) groups excluding carboxylic acids is 1. The number of ketones is 1. The number of anilines is 1. The number of Topliss-reactive ketones (excluding diaryl/α,β-unsaturated/α-hetero) is 1. The zero-order valence-corrected chi connectivity index (χ0v) is 10.2. The fraction of sp³-hybridized carbons (Fsp3) is 0.417. The topological polar surface area (TPSA) is 40.5 Å². The zero-order valence-electron chi connectivity index (χ0n) is 10.2. The van der Waals surface area contributed by atoms with Gasteiger partial charge in [-0.25, -0.2) is 0 Å². The normalized spacial score (nSPS) is 15.1. The van der Waals surface area contributed by atoms with Gasteiger partial charge in [0.2, 0.25) is 11.4 Å². The van der Waals surface area contributed by atoms with E-state index < -0.39 is 17.6 Å². The van der Waals surface area contributed by atoms with Crippen LogP contribution in [-0.2, 0) is 0 Å². The summed E-state index contributed by atoms with van der Waals surface area (Å²) in [7, 11) is 3.53. The molecule has 0 fully saturated rings. The number of halogens is 3. The average molecular weight is 261 g/mol. The lowest BCUT2D eigenvalue weighted by Gasteiger charge is -2.24. The molecule has 3 nitrogen and oxygen atoms in total. The SMILES string of the molecule is CN(C)c1ccc(C(=O)C(C)(O)C(F)(F)F)cc1. The molecule has 1 aromatic carbocycles. The highest BCUT2D eigenvalue weighted by molar-refractivity contribution is 6.02. The largest absolute Gasteiger partial charge is 0.424 e. The summed E-state index contributed by atoms with van der Waals surface area (Å²) in [5.74, 6) is -1.36. The van der Waals surface area contributed by atoms with Gasteiger partial charge in [0, 0.05) is 25.3 Å². The van der Waals surface area contributed by atoms with Gasteiger partial charge in [-0.1, -0.05) is 0 Å². The van der Waals surface area contributed by atoms with Gasteiger partial charge in [0.25, 0.3) is 0 Å². The molecule has 0 saturated heterocycles. The number of hydrogen-bond donors (Lipinski definition) is 1. The van der Waals surface area contributed by atoms with Crippen LogP contribution in [0, 0.1) is 0 Å². The fourth-order valence-corrected chi connectivity index (χ4v) is 1.32. The minimum Gasteiger partial charge on any atom is -0.378 e. The summed E-state index contributed by atoms with van der Waals surface area (Å²) in [5.41, 5.74) is -2.80. The van der Waals surface area contributed by atoms with E-state index in [4.69, 9.17) is 0 Å². The molecule has 1 unspecified atom stereocenters. The van der Waals surface area contributed by atoms with E-state index in [1.54, 1.807) is 19.0 Å². The Balaban J connectivity index is 3.05. The Hall–Kier alpha value is -1.56. The molecule has 1 atom stereocenters. The van der Waals surface area contributed by atoms with E-state index in [0.29, 0.717) is 6.92 Å². The lowest BCUT2D eigenvalue weighted by Crippen LogP contribution is -2.49. The molecule has 0 aromatic heterocycles. The first-order valence-corrected chi connectivity index (χ1v) is 5.18. The lowest BCUT2D eigenvalue weighted by molar-refractivity contribution is -0.229. The van der Waals surface area contributed by atoms with Crippen LogP contribution in [0.1, 0.15) is 17.3 Å². The molecule has 0 amide bonds. The third kappa shape index (κ3) is 2.64. The Morgan fingerprint density at radius 2 is 1.61 bits per heavy atom. The van der Waals surface area contributed by atoms with Crippen molar-refractivity contribution in [2.45, 2.75) is 18.7 Å². The molecular weight excluding hydrogens is 247 g/mol. The van der Waals surface area contributed by atoms with Gasteiger partial charge in [0.1, 0.15) is 0 Å². The van der Waals surface area contributed by atoms with Crippen LogP contribution in [0.25, 0.3) is 0 Å². The molecular formula is C12H14F3NO2. The third-order valence-corrected chi connectivity index (χ3v) is 2.64. The molecule has 0 aliphatic heterocycles. The quantitative estimate of drug-likeness (QED) is 0.848. The van der Waals surface area contributed by atoms with Gasteiger partial charge in [-0.05, 0) is 31.2 Å². The van der Waals surface area contributed by atoms with E-state index in [9.17, 15) is 23.1 Å². The van der Waals surface area contributed by atoms with Crippen molar-refractivity contribution >= 4 is 11.5 Å². The van der Waals surface area contributed by atoms with E-state index in [2.05, 4.69) is 0 Å². The van der Waals surface area contributed by atoms with Crippen molar-refractivity contribution in [3.63, 3.8) is 0 Å². The van der Waals surface area contributed by atoms with Crippen LogP contribution in [0.4, 0.5) is 18.9 Å². The molecule has 0 radical (unpaired) electrons. The summed E-state index contributed by atoms with van der Waals surface area (Å²) in [5, 5.41) is 9.27. The second-order valence-electron chi connectivity index (χ2n) is 4.34. The first-order chi connectivity index (χ1) is 8.07. The second-order valence-corrected chi connectivity index (χ2v) is 4.34. The second kappa shape index (κ2) is 4.61. The van der Waals surface area contributed by atoms with Crippen LogP contribution in [0.3, 0.4) is 0 Å². The van der Waals surface area contributed by atoms with Crippen molar-refractivity contribution in [3.05, 3.63) is 29.8 Å². The predicted molar refractivity (Wildman–Crippen MR) is 61.8 cm³/mol. The Kier molecular flexibility index (Phi) is 3.71. The van der Waals surface area contributed by atoms with Gasteiger partial charge in [-0.3, -0.25) is 4.79 Å². The Morgan fingerprint density at radius 1 is 1.17 bits per heavy atom. The number of carbonyl (C=O) groups is 1. The number of rotatable bonds is 3. The van der Waals surface area contributed by atoms with Crippen molar-refractivity contribution in [1.29, 1.82) is 0 Å². The molecule has 1 N–H and O–H groups in total. The van der Waals surface area contributed by atoms with Crippen LogP contribution in [-0.4, -0.2) is 36.8 Å². The number of nitrogens with zero attached hydrogens (tertiary/aromatic N) is 1. The summed E-state index contributed by atoms with van der Waals surface area (Å²) < 4.78 is 37.5. The molecule has 0 aliphatic carbocycles. The van der Waals surface area contributed by atoms with Crippen LogP contribution in [0.15, 0.2) is 24.3 Å². The van der Waals surface area contributed by atoms with Gasteiger partial charge in [-0.15, -0.1) is 0 Å². The van der Waals surface area contributed by atoms with Crippen molar-refractivity contribution in [1.82, 2.24) is 0 Å². The van der Waals surface area contributed by atoms with E-state index >= 15 is 0 Å². The number of hydrogen-bond acceptors (Lipinski definition) is 3. The summed E-state index contributed by atoms with van der Waals surface area (Å²) in [6.45, 7) is 0.454. The fourth-order valence-electron chi connectivity index (χ4n) is 1.32. The minimum absolute atomic E-state index is 0.178. The Labute approximate surface area is 103 Å². The maximum absolute atomic E-state index is 12.5. The highest BCUT2D eigenvalue weighted by Crippen LogP contribution is 2.33. The van der Waals surface area contributed by atoms with Crippen LogP contribution in [0.2, 0.25) is 0 Å². The van der Waals surface area contributed by atoms with Crippen LogP contribution < -0.4 is 4.90 Å². The summed E-state index contributed by atoms with van der Waals surface area (Å²) >= 11 is 0. The molecule has 6 heteroatoms. The van der Waals surface area contributed by atoms with Crippen LogP contribution in [0.5, 0.6) is 0 Å². The Bertz CT molecular complexity index is 436. The van der Waals surface area contributed by atoms with E-state index in [1.165, 1.54) is 24.3 Å². The van der Waals surface area contributed by atoms with Crippen molar-refractivity contribution in [2.75, 3.05) is 19.0 Å². The lowest BCUT2D eigenvalue weighted by atomic mass is 9.94. The molecule has 0 aliphatic rings. The third-order valence-electron chi connectivity index (χ3n) is 2.64. The highest BCUT2D eigenvalue weighted by Gasteiger charge is 2.55. The van der Waals surface area contributed by atoms with Gasteiger partial charge in [0.05, 0.1) is 0 Å². The molecule has 0 bridgehead atoms. The van der Waals surface area contributed by atoms with Gasteiger partial charge in [0.15, 0.2) is 0 Å². The summed E-state index contributed by atoms with van der Waals surface area (Å²) in [4.78, 5) is 13.4. The van der Waals surface area contributed by atoms with Crippen molar-refractivity contribution in [2.24, 2.45) is 0 Å². The van der Waals surface area contributed by atoms with E-state index in [-0.39, 0.29) is 5.56 Å². The number of benzene rings is 1. The molecule has 1 aromatic rings. The predicted octanol–water partition coefficient (Wildman–Crippen LogP) is 2.25. The summed E-state index contributed by atoms with van der Waals surface area (Å²) in [6.07, 6.45) is -5.00. The molecule has 18 heavy (non-hydrogen) atoms. The maximum Gasteiger partial charge on any atom is 0.424 e. The molecule has 0 spiro atoms. The molecule has 0 saturated carbocycles. The smallest absolute Gasteiger partial charge is 0.378 e. The van der Waals surface area contributed by atoms with Gasteiger partial charge < -0.3 is 10.0 Å². The van der Waals surface area contributed by atoms with Crippen molar-refractivity contribution in [3.8, 4) is 0 Å². The molecule has 100 valence electrons.